The second kappa shape index (κ2) is 10.2. The topological polar surface area (TPSA) is 50.5 Å². The van der Waals surface area contributed by atoms with E-state index in [-0.39, 0.29) is 24.2 Å². The summed E-state index contributed by atoms with van der Waals surface area (Å²) in [5, 5.41) is 9.92. The average molecular weight is 636 g/mol. The number of hydrazone groups is 1. The Bertz CT molecular complexity index is 1380. The Balaban J connectivity index is 1.51. The lowest BCUT2D eigenvalue weighted by Gasteiger charge is -2.29. The van der Waals surface area contributed by atoms with E-state index in [1.165, 1.54) is 11.9 Å². The van der Waals surface area contributed by atoms with E-state index >= 15 is 0 Å². The first-order chi connectivity index (χ1) is 17.6. The van der Waals surface area contributed by atoms with Crippen LogP contribution in [-0.4, -0.2) is 26.4 Å². The van der Waals surface area contributed by atoms with Gasteiger partial charge in [-0.1, -0.05) is 56.1 Å². The smallest absolute Gasteiger partial charge is 0.271 e. The van der Waals surface area contributed by atoms with Gasteiger partial charge in [0.05, 0.1) is 11.8 Å². The molecule has 1 amide bonds. The van der Waals surface area contributed by atoms with Crippen molar-refractivity contribution in [2.24, 2.45) is 11.0 Å². The molecule has 0 N–H and O–H groups in total. The van der Waals surface area contributed by atoms with E-state index in [1.54, 1.807) is 0 Å². The molecule has 1 aromatic heterocycles. The molecule has 1 aliphatic heterocycles. The molecule has 2 atom stereocenters. The number of allylic oxidation sites excluding steroid dienone is 1. The molecule has 0 spiro atoms. The molecule has 5 rings (SSSR count). The predicted octanol–water partition coefficient (Wildman–Crippen LogP) is 7.56. The summed E-state index contributed by atoms with van der Waals surface area (Å²) >= 11 is 6.93. The van der Waals surface area contributed by atoms with Crippen molar-refractivity contribution in [3.05, 3.63) is 91.6 Å². The summed E-state index contributed by atoms with van der Waals surface area (Å²) in [6, 6.07) is 16.4. The summed E-state index contributed by atoms with van der Waals surface area (Å²) in [7, 11) is 0. The van der Waals surface area contributed by atoms with Gasteiger partial charge in [0, 0.05) is 20.6 Å². The first kappa shape index (κ1) is 25.9. The number of hydrogen-bond acceptors (Lipinski definition) is 3. The van der Waals surface area contributed by atoms with E-state index in [0.29, 0.717) is 0 Å². The lowest BCUT2D eigenvalue weighted by molar-refractivity contribution is -0.142. The van der Waals surface area contributed by atoms with Crippen LogP contribution in [0.25, 0.3) is 6.08 Å². The number of hydrogen-bond donors (Lipinski definition) is 0. The van der Waals surface area contributed by atoms with Crippen LogP contribution in [-0.2, 0) is 17.5 Å². The quantitative estimate of drug-likeness (QED) is 0.297. The number of carbonyl (C=O) groups is 1. The van der Waals surface area contributed by atoms with Gasteiger partial charge in [0.2, 0.25) is 0 Å². The van der Waals surface area contributed by atoms with Gasteiger partial charge < -0.3 is 0 Å². The minimum absolute atomic E-state index is 0.00923. The Morgan fingerprint density at radius 3 is 2.35 bits per heavy atom. The fraction of sp³-hybridized carbons (Fsp3) is 0.296. The van der Waals surface area contributed by atoms with Gasteiger partial charge in [0.25, 0.3) is 5.91 Å². The molecule has 1 fully saturated rings. The molecule has 0 saturated heterocycles. The Labute approximate surface area is 229 Å². The molecule has 192 valence electrons. The molecule has 1 saturated carbocycles. The minimum atomic E-state index is -4.57. The SMILES string of the molecule is Cc1cc(C(F)(F)F)nn1CC(=O)N1N=C2/C(=C\c3ccc(Br)cc3)CCCC2C1c1ccc(Br)cc1. The summed E-state index contributed by atoms with van der Waals surface area (Å²) < 4.78 is 42.5. The molecule has 2 heterocycles. The van der Waals surface area contributed by atoms with Gasteiger partial charge >= 0.3 is 6.18 Å². The molecule has 37 heavy (non-hydrogen) atoms. The van der Waals surface area contributed by atoms with Crippen molar-refractivity contribution in [3.8, 4) is 0 Å². The first-order valence-electron chi connectivity index (χ1n) is 11.8. The highest BCUT2D eigenvalue weighted by Crippen LogP contribution is 2.44. The van der Waals surface area contributed by atoms with Crippen LogP contribution in [0.2, 0.25) is 0 Å². The van der Waals surface area contributed by atoms with Crippen molar-refractivity contribution in [1.82, 2.24) is 14.8 Å². The Hall–Kier alpha value is -2.72. The number of nitrogens with zero attached hydrogens (tertiary/aromatic N) is 4. The number of halogens is 5. The van der Waals surface area contributed by atoms with E-state index in [0.717, 1.165) is 61.4 Å². The number of rotatable bonds is 4. The maximum Gasteiger partial charge on any atom is 0.435 e. The fourth-order valence-electron chi connectivity index (χ4n) is 4.97. The number of fused-ring (bicyclic) bond motifs is 1. The number of amides is 1. The standard InChI is InChI=1S/C27H23Br2F3N4O/c1-16-13-23(27(30,31)32)33-35(16)15-24(37)36-26(18-7-11-21(29)12-8-18)22-4-2-3-19(25(22)34-36)14-17-5-9-20(28)10-6-17/h5-14,22,26H,2-4,15H2,1H3/b19-14-. The third kappa shape index (κ3) is 5.45. The van der Waals surface area contributed by atoms with Gasteiger partial charge in [-0.25, -0.2) is 5.01 Å². The number of alkyl halides is 3. The van der Waals surface area contributed by atoms with Gasteiger partial charge in [-0.05, 0) is 79.3 Å². The van der Waals surface area contributed by atoms with E-state index in [4.69, 9.17) is 5.10 Å². The van der Waals surface area contributed by atoms with Crippen molar-refractivity contribution in [3.63, 3.8) is 0 Å². The molecule has 0 bridgehead atoms. The summed E-state index contributed by atoms with van der Waals surface area (Å²) in [6.45, 7) is 1.18. The lowest BCUT2D eigenvalue weighted by Crippen LogP contribution is -2.34. The summed E-state index contributed by atoms with van der Waals surface area (Å²) in [4.78, 5) is 13.6. The number of benzene rings is 2. The second-order valence-electron chi connectivity index (χ2n) is 9.27. The average Bonchev–Trinajstić information content (AvgIpc) is 3.43. The van der Waals surface area contributed by atoms with Gasteiger partial charge in [-0.2, -0.15) is 23.4 Å². The van der Waals surface area contributed by atoms with E-state index in [2.05, 4.69) is 43.0 Å². The normalized spacial score (nSPS) is 20.8. The van der Waals surface area contributed by atoms with Gasteiger partial charge in [-0.3, -0.25) is 9.48 Å². The summed E-state index contributed by atoms with van der Waals surface area (Å²) in [5.74, 6) is -0.414. The third-order valence-corrected chi connectivity index (χ3v) is 7.79. The van der Waals surface area contributed by atoms with Crippen LogP contribution in [0.3, 0.4) is 0 Å². The Kier molecular flexibility index (Phi) is 7.15. The minimum Gasteiger partial charge on any atom is -0.271 e. The van der Waals surface area contributed by atoms with E-state index < -0.39 is 17.8 Å². The van der Waals surface area contributed by atoms with Crippen molar-refractivity contribution in [2.75, 3.05) is 0 Å². The third-order valence-electron chi connectivity index (χ3n) is 6.74. The summed E-state index contributed by atoms with van der Waals surface area (Å²) in [6.07, 6.45) is 0.188. The number of aryl methyl sites for hydroxylation is 1. The molecule has 2 aromatic carbocycles. The zero-order valence-corrected chi connectivity index (χ0v) is 23.0. The van der Waals surface area contributed by atoms with E-state index in [9.17, 15) is 18.0 Å². The van der Waals surface area contributed by atoms with Crippen molar-refractivity contribution >= 4 is 49.6 Å². The van der Waals surface area contributed by atoms with Crippen LogP contribution in [0.4, 0.5) is 13.2 Å². The molecule has 3 aromatic rings. The molecule has 2 unspecified atom stereocenters. The monoisotopic (exact) mass is 634 g/mol. The summed E-state index contributed by atoms with van der Waals surface area (Å²) in [5.41, 5.74) is 3.16. The van der Waals surface area contributed by atoms with Crippen molar-refractivity contribution < 1.29 is 18.0 Å². The maximum absolute atomic E-state index is 13.6. The predicted molar refractivity (Wildman–Crippen MR) is 143 cm³/mol. The van der Waals surface area contributed by atoms with Gasteiger partial charge in [0.15, 0.2) is 5.69 Å². The molecule has 2 aliphatic rings. The highest BCUT2D eigenvalue weighted by atomic mass is 79.9. The maximum atomic E-state index is 13.6. The molecule has 1 aliphatic carbocycles. The number of aromatic nitrogens is 2. The highest BCUT2D eigenvalue weighted by Gasteiger charge is 2.44. The molecular formula is C27H23Br2F3N4O. The Morgan fingerprint density at radius 2 is 1.73 bits per heavy atom. The van der Waals surface area contributed by atoms with Crippen molar-refractivity contribution in [1.29, 1.82) is 0 Å². The highest BCUT2D eigenvalue weighted by molar-refractivity contribution is 9.10. The molecule has 5 nitrogen and oxygen atoms in total. The van der Waals surface area contributed by atoms with Crippen LogP contribution in [0.1, 0.15) is 47.8 Å². The van der Waals surface area contributed by atoms with Crippen molar-refractivity contribution in [2.45, 2.75) is 44.9 Å². The molecular weight excluding hydrogens is 613 g/mol. The molecule has 10 heteroatoms. The largest absolute Gasteiger partial charge is 0.435 e. The zero-order valence-electron chi connectivity index (χ0n) is 19.8. The zero-order chi connectivity index (χ0) is 26.3. The fourth-order valence-corrected chi connectivity index (χ4v) is 5.50. The van der Waals surface area contributed by atoms with Gasteiger partial charge in [0.1, 0.15) is 6.54 Å². The lowest BCUT2D eigenvalue weighted by atomic mass is 9.77. The Morgan fingerprint density at radius 1 is 1.08 bits per heavy atom. The second-order valence-corrected chi connectivity index (χ2v) is 11.1. The van der Waals surface area contributed by atoms with Crippen LogP contribution >= 0.6 is 31.9 Å². The van der Waals surface area contributed by atoms with Crippen LogP contribution in [0.15, 0.2) is 74.2 Å². The number of carbonyl (C=O) groups excluding carboxylic acids is 1. The van der Waals surface area contributed by atoms with Gasteiger partial charge in [-0.15, -0.1) is 0 Å². The van der Waals surface area contributed by atoms with E-state index in [1.807, 2.05) is 48.5 Å². The first-order valence-corrected chi connectivity index (χ1v) is 13.4. The van der Waals surface area contributed by atoms with Crippen LogP contribution in [0.5, 0.6) is 0 Å². The van der Waals surface area contributed by atoms with Crippen LogP contribution < -0.4 is 0 Å². The molecule has 0 radical (unpaired) electrons. The van der Waals surface area contributed by atoms with Crippen LogP contribution in [0, 0.1) is 12.8 Å².